The topological polar surface area (TPSA) is 22.1 Å². The second kappa shape index (κ2) is 4.54. The van der Waals surface area contributed by atoms with E-state index in [1.165, 1.54) is 5.56 Å². The maximum atomic E-state index is 5.23. The molecular weight excluding hydrogens is 150 g/mol. The van der Waals surface area contributed by atoms with Crippen molar-refractivity contribution in [2.45, 2.75) is 13.3 Å². The summed E-state index contributed by atoms with van der Waals surface area (Å²) in [5, 5.41) is 0. The lowest BCUT2D eigenvalue weighted by Gasteiger charge is -2.05. The van der Waals surface area contributed by atoms with Crippen LogP contribution in [0, 0.1) is 0 Å². The van der Waals surface area contributed by atoms with E-state index in [0.29, 0.717) is 6.61 Å². The van der Waals surface area contributed by atoms with E-state index in [4.69, 9.17) is 4.74 Å². The van der Waals surface area contributed by atoms with E-state index in [-0.39, 0.29) is 0 Å². The lowest BCUT2D eigenvalue weighted by Crippen LogP contribution is -1.94. The molecule has 1 aromatic heterocycles. The van der Waals surface area contributed by atoms with Gasteiger partial charge in [0.05, 0.1) is 12.4 Å². The third kappa shape index (κ3) is 2.74. The Hall–Kier alpha value is -1.31. The van der Waals surface area contributed by atoms with Gasteiger partial charge in [-0.25, -0.2) is 0 Å². The Morgan fingerprint density at radius 3 is 2.75 bits per heavy atom. The van der Waals surface area contributed by atoms with E-state index in [9.17, 15) is 0 Å². The normalized spacial score (nSPS) is 9.42. The van der Waals surface area contributed by atoms with Crippen LogP contribution in [0.3, 0.4) is 0 Å². The minimum Gasteiger partial charge on any atom is -0.498 e. The van der Waals surface area contributed by atoms with Gasteiger partial charge < -0.3 is 4.74 Å². The Morgan fingerprint density at radius 1 is 1.50 bits per heavy atom. The van der Waals surface area contributed by atoms with Crippen LogP contribution in [0.5, 0.6) is 0 Å². The van der Waals surface area contributed by atoms with Gasteiger partial charge in [0.1, 0.15) is 0 Å². The lowest BCUT2D eigenvalue weighted by atomic mass is 10.2. The van der Waals surface area contributed by atoms with Gasteiger partial charge >= 0.3 is 0 Å². The third-order valence-electron chi connectivity index (χ3n) is 1.50. The van der Waals surface area contributed by atoms with Crippen molar-refractivity contribution in [3.63, 3.8) is 0 Å². The summed E-state index contributed by atoms with van der Waals surface area (Å²) in [6, 6.07) is 3.92. The van der Waals surface area contributed by atoms with Gasteiger partial charge in [-0.15, -0.1) is 0 Å². The Kier molecular flexibility index (Phi) is 3.33. The summed E-state index contributed by atoms with van der Waals surface area (Å²) in [4.78, 5) is 3.93. The van der Waals surface area contributed by atoms with Crippen molar-refractivity contribution in [1.82, 2.24) is 4.98 Å². The summed E-state index contributed by atoms with van der Waals surface area (Å²) in [6.45, 7) is 6.44. The van der Waals surface area contributed by atoms with Crippen LogP contribution < -0.4 is 0 Å². The summed E-state index contributed by atoms with van der Waals surface area (Å²) in [5.74, 6) is 0.809. The SMILES string of the molecule is C=C(Cc1ccncc1)OCC. The highest BCUT2D eigenvalue weighted by molar-refractivity contribution is 5.14. The van der Waals surface area contributed by atoms with Crippen molar-refractivity contribution >= 4 is 0 Å². The van der Waals surface area contributed by atoms with Gasteiger partial charge in [-0.2, -0.15) is 0 Å². The van der Waals surface area contributed by atoms with Crippen molar-refractivity contribution in [2.75, 3.05) is 6.61 Å². The molecule has 0 amide bonds. The highest BCUT2D eigenvalue weighted by Gasteiger charge is 1.95. The number of rotatable bonds is 4. The van der Waals surface area contributed by atoms with Gasteiger partial charge in [0.2, 0.25) is 0 Å². The van der Waals surface area contributed by atoms with Gasteiger partial charge in [0.15, 0.2) is 0 Å². The predicted molar refractivity (Wildman–Crippen MR) is 48.7 cm³/mol. The summed E-state index contributed by atoms with van der Waals surface area (Å²) in [5.41, 5.74) is 1.18. The Labute approximate surface area is 72.9 Å². The number of aromatic nitrogens is 1. The predicted octanol–water partition coefficient (Wildman–Crippen LogP) is 2.17. The molecule has 2 heteroatoms. The fourth-order valence-corrected chi connectivity index (χ4v) is 0.983. The molecule has 2 nitrogen and oxygen atoms in total. The molecule has 0 saturated carbocycles. The summed E-state index contributed by atoms with van der Waals surface area (Å²) in [7, 11) is 0. The quantitative estimate of drug-likeness (QED) is 0.635. The van der Waals surface area contributed by atoms with E-state index >= 15 is 0 Å². The molecule has 1 rings (SSSR count). The van der Waals surface area contributed by atoms with Crippen LogP contribution in [-0.4, -0.2) is 11.6 Å². The first-order valence-corrected chi connectivity index (χ1v) is 4.02. The van der Waals surface area contributed by atoms with Crippen LogP contribution in [0.2, 0.25) is 0 Å². The molecule has 0 aliphatic rings. The molecule has 12 heavy (non-hydrogen) atoms. The van der Waals surface area contributed by atoms with E-state index in [2.05, 4.69) is 11.6 Å². The van der Waals surface area contributed by atoms with Gasteiger partial charge in [0.25, 0.3) is 0 Å². The molecular formula is C10H13NO. The average molecular weight is 163 g/mol. The molecule has 0 aliphatic carbocycles. The molecule has 1 aromatic rings. The molecule has 0 fully saturated rings. The Bertz CT molecular complexity index is 243. The van der Waals surface area contributed by atoms with Gasteiger partial charge in [-0.3, -0.25) is 4.98 Å². The zero-order chi connectivity index (χ0) is 8.81. The molecule has 0 atom stereocenters. The molecule has 0 saturated heterocycles. The minimum atomic E-state index is 0.684. The molecule has 0 bridgehead atoms. The van der Waals surface area contributed by atoms with Crippen LogP contribution in [0.15, 0.2) is 36.9 Å². The second-order valence-corrected chi connectivity index (χ2v) is 2.50. The first-order chi connectivity index (χ1) is 5.83. The molecule has 1 heterocycles. The number of allylic oxidation sites excluding steroid dienone is 1. The zero-order valence-electron chi connectivity index (χ0n) is 7.29. The Morgan fingerprint density at radius 2 is 2.17 bits per heavy atom. The van der Waals surface area contributed by atoms with Gasteiger partial charge in [-0.05, 0) is 24.6 Å². The van der Waals surface area contributed by atoms with Crippen LogP contribution >= 0.6 is 0 Å². The summed E-state index contributed by atoms with van der Waals surface area (Å²) >= 11 is 0. The minimum absolute atomic E-state index is 0.684. The van der Waals surface area contributed by atoms with E-state index in [0.717, 1.165) is 12.2 Å². The monoisotopic (exact) mass is 163 g/mol. The van der Waals surface area contributed by atoms with E-state index < -0.39 is 0 Å². The number of nitrogens with zero attached hydrogens (tertiary/aromatic N) is 1. The smallest absolute Gasteiger partial charge is 0.0931 e. The number of hydrogen-bond donors (Lipinski definition) is 0. The maximum Gasteiger partial charge on any atom is 0.0931 e. The fraction of sp³-hybridized carbons (Fsp3) is 0.300. The van der Waals surface area contributed by atoms with Crippen LogP contribution in [-0.2, 0) is 11.2 Å². The number of ether oxygens (including phenoxy) is 1. The standard InChI is InChI=1S/C10H13NO/c1-3-12-9(2)8-10-4-6-11-7-5-10/h4-7H,2-3,8H2,1H3. The van der Waals surface area contributed by atoms with Crippen LogP contribution in [0.25, 0.3) is 0 Å². The van der Waals surface area contributed by atoms with Crippen molar-refractivity contribution in [2.24, 2.45) is 0 Å². The molecule has 64 valence electrons. The first kappa shape index (κ1) is 8.78. The van der Waals surface area contributed by atoms with Crippen molar-refractivity contribution in [1.29, 1.82) is 0 Å². The fourth-order valence-electron chi connectivity index (χ4n) is 0.983. The molecule has 0 N–H and O–H groups in total. The highest BCUT2D eigenvalue weighted by Crippen LogP contribution is 2.05. The number of pyridine rings is 1. The third-order valence-corrected chi connectivity index (χ3v) is 1.50. The zero-order valence-corrected chi connectivity index (χ0v) is 7.29. The Balaban J connectivity index is 2.47. The molecule has 0 aliphatic heterocycles. The van der Waals surface area contributed by atoms with Crippen molar-refractivity contribution < 1.29 is 4.74 Å². The summed E-state index contributed by atoms with van der Waals surface area (Å²) < 4.78 is 5.23. The van der Waals surface area contributed by atoms with Crippen molar-refractivity contribution in [3.05, 3.63) is 42.4 Å². The summed E-state index contributed by atoms with van der Waals surface area (Å²) in [6.07, 6.45) is 4.32. The van der Waals surface area contributed by atoms with E-state index in [1.807, 2.05) is 19.1 Å². The molecule has 0 radical (unpaired) electrons. The molecule has 0 aromatic carbocycles. The van der Waals surface area contributed by atoms with Gasteiger partial charge in [0, 0.05) is 18.8 Å². The van der Waals surface area contributed by atoms with Gasteiger partial charge in [-0.1, -0.05) is 6.58 Å². The van der Waals surface area contributed by atoms with Crippen LogP contribution in [0.1, 0.15) is 12.5 Å². The molecule has 0 unspecified atom stereocenters. The molecule has 0 spiro atoms. The highest BCUT2D eigenvalue weighted by atomic mass is 16.5. The average Bonchev–Trinajstić information content (AvgIpc) is 2.06. The first-order valence-electron chi connectivity index (χ1n) is 4.02. The van der Waals surface area contributed by atoms with E-state index in [1.54, 1.807) is 12.4 Å². The lowest BCUT2D eigenvalue weighted by molar-refractivity contribution is 0.225. The van der Waals surface area contributed by atoms with Crippen molar-refractivity contribution in [3.8, 4) is 0 Å². The maximum absolute atomic E-state index is 5.23. The second-order valence-electron chi connectivity index (χ2n) is 2.50. The van der Waals surface area contributed by atoms with Crippen LogP contribution in [0.4, 0.5) is 0 Å². The largest absolute Gasteiger partial charge is 0.498 e. The number of hydrogen-bond acceptors (Lipinski definition) is 2.